The summed E-state index contributed by atoms with van der Waals surface area (Å²) >= 11 is 0. The van der Waals surface area contributed by atoms with Crippen LogP contribution in [0.4, 0.5) is 10.1 Å². The predicted molar refractivity (Wildman–Crippen MR) is 76.1 cm³/mol. The molecule has 0 aromatic heterocycles. The number of carbonyl (C=O) groups excluding carboxylic acids is 2. The van der Waals surface area contributed by atoms with Crippen LogP contribution < -0.4 is 10.6 Å². The average molecular weight is 294 g/mol. The molecular weight excluding hydrogens is 275 g/mol. The van der Waals surface area contributed by atoms with Gasteiger partial charge in [0, 0.05) is 12.2 Å². The van der Waals surface area contributed by atoms with E-state index in [9.17, 15) is 19.1 Å². The Hall–Kier alpha value is -1.95. The summed E-state index contributed by atoms with van der Waals surface area (Å²) in [6.07, 6.45) is 1.86. The third-order valence-electron chi connectivity index (χ3n) is 3.70. The number of aryl methyl sites for hydroxylation is 1. The van der Waals surface area contributed by atoms with E-state index >= 15 is 0 Å². The summed E-state index contributed by atoms with van der Waals surface area (Å²) in [6.45, 7) is 3.26. The zero-order valence-electron chi connectivity index (χ0n) is 12.1. The number of hydrogen-bond donors (Lipinski definition) is 3. The first kappa shape index (κ1) is 15.4. The zero-order chi connectivity index (χ0) is 15.6. The highest BCUT2D eigenvalue weighted by molar-refractivity contribution is 6.39. The van der Waals surface area contributed by atoms with Gasteiger partial charge < -0.3 is 15.7 Å². The van der Waals surface area contributed by atoms with Gasteiger partial charge >= 0.3 is 11.8 Å². The second-order valence-corrected chi connectivity index (χ2v) is 5.73. The van der Waals surface area contributed by atoms with Crippen LogP contribution in [-0.4, -0.2) is 29.1 Å². The molecule has 0 radical (unpaired) electrons. The van der Waals surface area contributed by atoms with E-state index in [1.807, 2.05) is 0 Å². The molecule has 2 rings (SSSR count). The maximum Gasteiger partial charge on any atom is 0.313 e. The van der Waals surface area contributed by atoms with E-state index in [4.69, 9.17) is 0 Å². The third-order valence-corrected chi connectivity index (χ3v) is 3.70. The Bertz CT molecular complexity index is 568. The molecule has 21 heavy (non-hydrogen) atoms. The van der Waals surface area contributed by atoms with E-state index in [1.165, 1.54) is 12.1 Å². The maximum atomic E-state index is 13.3. The quantitative estimate of drug-likeness (QED) is 0.733. The van der Waals surface area contributed by atoms with Gasteiger partial charge in [-0.15, -0.1) is 0 Å². The predicted octanol–water partition coefficient (Wildman–Crippen LogP) is 1.35. The van der Waals surface area contributed by atoms with Gasteiger partial charge in [-0.3, -0.25) is 9.59 Å². The first-order chi connectivity index (χ1) is 9.79. The number of halogens is 1. The first-order valence-corrected chi connectivity index (χ1v) is 6.87. The van der Waals surface area contributed by atoms with Gasteiger partial charge in [0.1, 0.15) is 5.82 Å². The lowest BCUT2D eigenvalue weighted by molar-refractivity contribution is -0.136. The van der Waals surface area contributed by atoms with Crippen molar-refractivity contribution in [1.82, 2.24) is 5.32 Å². The number of amides is 2. The average Bonchev–Trinajstić information content (AvgIpc) is 3.25. The zero-order valence-corrected chi connectivity index (χ0v) is 12.1. The minimum absolute atomic E-state index is 0.0200. The van der Waals surface area contributed by atoms with Gasteiger partial charge in [0.05, 0.1) is 5.60 Å². The molecule has 0 spiro atoms. The van der Waals surface area contributed by atoms with Crippen molar-refractivity contribution in [3.8, 4) is 0 Å². The fourth-order valence-corrected chi connectivity index (χ4v) is 2.05. The normalized spacial score (nSPS) is 17.0. The second-order valence-electron chi connectivity index (χ2n) is 5.73. The smallest absolute Gasteiger partial charge is 0.313 e. The van der Waals surface area contributed by atoms with Crippen molar-refractivity contribution < 1.29 is 19.1 Å². The van der Waals surface area contributed by atoms with Crippen molar-refractivity contribution in [1.29, 1.82) is 0 Å². The van der Waals surface area contributed by atoms with Crippen LogP contribution in [0.5, 0.6) is 0 Å². The molecule has 114 valence electrons. The Labute approximate surface area is 122 Å². The molecule has 5 nitrogen and oxygen atoms in total. The van der Waals surface area contributed by atoms with E-state index in [2.05, 4.69) is 10.6 Å². The van der Waals surface area contributed by atoms with Gasteiger partial charge in [0.2, 0.25) is 0 Å². The Morgan fingerprint density at radius 1 is 1.38 bits per heavy atom. The molecule has 0 heterocycles. The van der Waals surface area contributed by atoms with Crippen molar-refractivity contribution in [2.75, 3.05) is 11.9 Å². The van der Waals surface area contributed by atoms with Crippen molar-refractivity contribution in [3.05, 3.63) is 29.6 Å². The second kappa shape index (κ2) is 5.81. The van der Waals surface area contributed by atoms with E-state index in [0.29, 0.717) is 5.56 Å². The fourth-order valence-electron chi connectivity index (χ4n) is 2.05. The van der Waals surface area contributed by atoms with E-state index in [-0.39, 0.29) is 18.2 Å². The molecule has 1 aromatic carbocycles. The van der Waals surface area contributed by atoms with Gasteiger partial charge in [0.15, 0.2) is 0 Å². The highest BCUT2D eigenvalue weighted by atomic mass is 19.1. The summed E-state index contributed by atoms with van der Waals surface area (Å²) in [5.41, 5.74) is -0.323. The number of anilines is 1. The summed E-state index contributed by atoms with van der Waals surface area (Å²) in [5, 5.41) is 14.8. The lowest BCUT2D eigenvalue weighted by Crippen LogP contribution is -2.45. The van der Waals surface area contributed by atoms with E-state index in [1.54, 1.807) is 13.8 Å². The summed E-state index contributed by atoms with van der Waals surface area (Å²) in [5.74, 6) is -2.02. The van der Waals surface area contributed by atoms with Crippen LogP contribution in [0.2, 0.25) is 0 Å². The van der Waals surface area contributed by atoms with Gasteiger partial charge in [-0.1, -0.05) is 6.07 Å². The molecule has 0 aliphatic heterocycles. The Kier molecular flexibility index (Phi) is 4.27. The van der Waals surface area contributed by atoms with Gasteiger partial charge in [-0.05, 0) is 50.3 Å². The largest absolute Gasteiger partial charge is 0.388 e. The van der Waals surface area contributed by atoms with Crippen LogP contribution in [0, 0.1) is 18.7 Å². The van der Waals surface area contributed by atoms with Gasteiger partial charge in [-0.25, -0.2) is 4.39 Å². The molecule has 2 amide bonds. The van der Waals surface area contributed by atoms with Crippen LogP contribution >= 0.6 is 0 Å². The topological polar surface area (TPSA) is 78.4 Å². The Balaban J connectivity index is 1.87. The number of benzene rings is 1. The standard InChI is InChI=1S/C15H19FN2O3/c1-9-3-6-11(7-12(9)16)18-14(20)13(19)17-8-15(2,21)10-4-5-10/h3,6-7,10,21H,4-5,8H2,1-2H3,(H,17,19)(H,18,20)/t15-/m0/s1. The number of carbonyl (C=O) groups is 2. The maximum absolute atomic E-state index is 13.3. The lowest BCUT2D eigenvalue weighted by atomic mass is 10.0. The van der Waals surface area contributed by atoms with Gasteiger partial charge in [-0.2, -0.15) is 0 Å². The number of aliphatic hydroxyl groups is 1. The van der Waals surface area contributed by atoms with E-state index < -0.39 is 23.2 Å². The highest BCUT2D eigenvalue weighted by Gasteiger charge is 2.40. The molecule has 6 heteroatoms. The monoisotopic (exact) mass is 294 g/mol. The fraction of sp³-hybridized carbons (Fsp3) is 0.467. The van der Waals surface area contributed by atoms with Crippen molar-refractivity contribution in [3.63, 3.8) is 0 Å². The summed E-state index contributed by atoms with van der Waals surface area (Å²) in [4.78, 5) is 23.3. The van der Waals surface area contributed by atoms with Crippen molar-refractivity contribution >= 4 is 17.5 Å². The molecule has 3 N–H and O–H groups in total. The van der Waals surface area contributed by atoms with Crippen LogP contribution in [0.1, 0.15) is 25.3 Å². The lowest BCUT2D eigenvalue weighted by Gasteiger charge is -2.22. The molecule has 1 aliphatic rings. The van der Waals surface area contributed by atoms with Gasteiger partial charge in [0.25, 0.3) is 0 Å². The van der Waals surface area contributed by atoms with E-state index in [0.717, 1.165) is 18.9 Å². The molecule has 1 aliphatic carbocycles. The molecule has 0 bridgehead atoms. The molecule has 1 saturated carbocycles. The minimum Gasteiger partial charge on any atom is -0.388 e. The molecule has 1 fully saturated rings. The summed E-state index contributed by atoms with van der Waals surface area (Å²) < 4.78 is 13.3. The summed E-state index contributed by atoms with van der Waals surface area (Å²) in [7, 11) is 0. The molecule has 0 unspecified atom stereocenters. The van der Waals surface area contributed by atoms with Crippen LogP contribution in [0.25, 0.3) is 0 Å². The molecule has 1 atom stereocenters. The number of nitrogens with one attached hydrogen (secondary N) is 2. The molecule has 0 saturated heterocycles. The Morgan fingerprint density at radius 2 is 2.05 bits per heavy atom. The van der Waals surface area contributed by atoms with Crippen LogP contribution in [0.3, 0.4) is 0 Å². The van der Waals surface area contributed by atoms with Crippen molar-refractivity contribution in [2.45, 2.75) is 32.3 Å². The third kappa shape index (κ3) is 4.01. The van der Waals surface area contributed by atoms with Crippen molar-refractivity contribution in [2.24, 2.45) is 5.92 Å². The Morgan fingerprint density at radius 3 is 2.62 bits per heavy atom. The summed E-state index contributed by atoms with van der Waals surface area (Å²) in [6, 6.07) is 4.19. The molecular formula is C15H19FN2O3. The van der Waals surface area contributed by atoms with Crippen LogP contribution in [-0.2, 0) is 9.59 Å². The number of hydrogen-bond acceptors (Lipinski definition) is 3. The van der Waals surface area contributed by atoms with Crippen LogP contribution in [0.15, 0.2) is 18.2 Å². The minimum atomic E-state index is -0.994. The number of rotatable bonds is 4. The SMILES string of the molecule is Cc1ccc(NC(=O)C(=O)NC[C@](C)(O)C2CC2)cc1F. The molecule has 1 aromatic rings. The highest BCUT2D eigenvalue weighted by Crippen LogP contribution is 2.38. The first-order valence-electron chi connectivity index (χ1n) is 6.87.